The summed E-state index contributed by atoms with van der Waals surface area (Å²) in [5.74, 6) is 0.516. The van der Waals surface area contributed by atoms with Gasteiger partial charge in [-0.05, 0) is 50.8 Å². The van der Waals surface area contributed by atoms with Gasteiger partial charge in [-0.2, -0.15) is 0 Å². The SMILES string of the molecule is Cc1cc(C(=O)NC2CC2)nc(N2c3ccccc3CC2C)n1. The van der Waals surface area contributed by atoms with Crippen LogP contribution in [-0.4, -0.2) is 28.0 Å². The van der Waals surface area contributed by atoms with Crippen molar-refractivity contribution in [3.05, 3.63) is 47.3 Å². The highest BCUT2D eigenvalue weighted by Crippen LogP contribution is 2.36. The average molecular weight is 308 g/mol. The maximum absolute atomic E-state index is 12.3. The minimum absolute atomic E-state index is 0.0978. The number of aryl methyl sites for hydroxylation is 1. The molecule has 118 valence electrons. The topological polar surface area (TPSA) is 58.1 Å². The zero-order valence-electron chi connectivity index (χ0n) is 13.4. The van der Waals surface area contributed by atoms with E-state index in [1.165, 1.54) is 5.56 Å². The van der Waals surface area contributed by atoms with Gasteiger partial charge in [-0.15, -0.1) is 0 Å². The van der Waals surface area contributed by atoms with Gasteiger partial charge in [-0.1, -0.05) is 18.2 Å². The van der Waals surface area contributed by atoms with Crippen molar-refractivity contribution in [2.24, 2.45) is 0 Å². The Bertz CT molecular complexity index is 769. The van der Waals surface area contributed by atoms with Gasteiger partial charge in [0.1, 0.15) is 5.69 Å². The van der Waals surface area contributed by atoms with E-state index in [1.807, 2.05) is 13.0 Å². The fourth-order valence-corrected chi connectivity index (χ4v) is 3.13. The Morgan fingerprint density at radius 3 is 2.83 bits per heavy atom. The minimum Gasteiger partial charge on any atom is -0.348 e. The molecule has 5 nitrogen and oxygen atoms in total. The molecule has 0 saturated heterocycles. The van der Waals surface area contributed by atoms with E-state index in [4.69, 9.17) is 0 Å². The van der Waals surface area contributed by atoms with Gasteiger partial charge in [0.05, 0.1) is 0 Å². The smallest absolute Gasteiger partial charge is 0.270 e. The van der Waals surface area contributed by atoms with Crippen molar-refractivity contribution in [3.8, 4) is 0 Å². The number of anilines is 2. The standard InChI is InChI=1S/C18H20N4O/c1-11-9-15(17(23)20-14-7-8-14)21-18(19-11)22-12(2)10-13-5-3-4-6-16(13)22/h3-6,9,12,14H,7-8,10H2,1-2H3,(H,20,23). The van der Waals surface area contributed by atoms with Gasteiger partial charge >= 0.3 is 0 Å². The second-order valence-electron chi connectivity index (χ2n) is 6.49. The highest BCUT2D eigenvalue weighted by atomic mass is 16.2. The number of aromatic nitrogens is 2. The monoisotopic (exact) mass is 308 g/mol. The van der Waals surface area contributed by atoms with Crippen LogP contribution in [0.4, 0.5) is 11.6 Å². The molecule has 1 amide bonds. The van der Waals surface area contributed by atoms with Crippen molar-refractivity contribution in [2.45, 2.75) is 45.2 Å². The number of para-hydroxylation sites is 1. The number of carbonyl (C=O) groups excluding carboxylic acids is 1. The number of benzene rings is 1. The van der Waals surface area contributed by atoms with Gasteiger partial charge in [0, 0.05) is 23.5 Å². The van der Waals surface area contributed by atoms with Crippen LogP contribution in [0.2, 0.25) is 0 Å². The largest absolute Gasteiger partial charge is 0.348 e. The van der Waals surface area contributed by atoms with E-state index >= 15 is 0 Å². The first-order valence-electron chi connectivity index (χ1n) is 8.15. The van der Waals surface area contributed by atoms with Crippen LogP contribution in [0.1, 0.15) is 41.5 Å². The number of amides is 1. The number of nitrogens with zero attached hydrogens (tertiary/aromatic N) is 3. The summed E-state index contributed by atoms with van der Waals surface area (Å²) in [4.78, 5) is 23.6. The Labute approximate surface area is 135 Å². The molecule has 1 aliphatic carbocycles. The fourth-order valence-electron chi connectivity index (χ4n) is 3.13. The molecule has 2 aliphatic rings. The van der Waals surface area contributed by atoms with E-state index in [0.29, 0.717) is 17.7 Å². The van der Waals surface area contributed by atoms with E-state index in [9.17, 15) is 4.79 Å². The lowest BCUT2D eigenvalue weighted by molar-refractivity contribution is 0.0946. The first-order valence-corrected chi connectivity index (χ1v) is 8.15. The lowest BCUT2D eigenvalue weighted by Gasteiger charge is -2.23. The number of rotatable bonds is 3. The second-order valence-corrected chi connectivity index (χ2v) is 6.49. The summed E-state index contributed by atoms with van der Waals surface area (Å²) in [5.41, 5.74) is 3.71. The van der Waals surface area contributed by atoms with Crippen LogP contribution in [0.15, 0.2) is 30.3 Å². The molecule has 1 N–H and O–H groups in total. The van der Waals surface area contributed by atoms with E-state index in [1.54, 1.807) is 6.07 Å². The summed E-state index contributed by atoms with van der Waals surface area (Å²) in [6.45, 7) is 4.07. The first kappa shape index (κ1) is 14.2. The zero-order valence-corrected chi connectivity index (χ0v) is 13.4. The zero-order chi connectivity index (χ0) is 16.0. The van der Waals surface area contributed by atoms with E-state index in [0.717, 1.165) is 30.6 Å². The van der Waals surface area contributed by atoms with Crippen molar-refractivity contribution in [3.63, 3.8) is 0 Å². The molecule has 23 heavy (non-hydrogen) atoms. The molecule has 0 bridgehead atoms. The Morgan fingerprint density at radius 2 is 2.04 bits per heavy atom. The molecule has 1 aromatic heterocycles. The van der Waals surface area contributed by atoms with Gasteiger partial charge in [0.25, 0.3) is 5.91 Å². The van der Waals surface area contributed by atoms with Gasteiger partial charge in [0.15, 0.2) is 0 Å². The number of hydrogen-bond donors (Lipinski definition) is 1. The molecule has 1 atom stereocenters. The predicted octanol–water partition coefficient (Wildman–Crippen LogP) is 2.76. The lowest BCUT2D eigenvalue weighted by atomic mass is 10.1. The number of hydrogen-bond acceptors (Lipinski definition) is 4. The molecule has 2 aromatic rings. The predicted molar refractivity (Wildman–Crippen MR) is 89.0 cm³/mol. The van der Waals surface area contributed by atoms with Gasteiger partial charge in [-0.3, -0.25) is 4.79 Å². The van der Waals surface area contributed by atoms with Crippen LogP contribution >= 0.6 is 0 Å². The number of fused-ring (bicyclic) bond motifs is 1. The van der Waals surface area contributed by atoms with E-state index in [2.05, 4.69) is 45.3 Å². The summed E-state index contributed by atoms with van der Waals surface area (Å²) < 4.78 is 0. The van der Waals surface area contributed by atoms with Crippen LogP contribution in [0, 0.1) is 6.92 Å². The van der Waals surface area contributed by atoms with Gasteiger partial charge in [-0.25, -0.2) is 9.97 Å². The maximum atomic E-state index is 12.3. The summed E-state index contributed by atoms with van der Waals surface area (Å²) in [6.07, 6.45) is 3.11. The first-order chi connectivity index (χ1) is 11.1. The van der Waals surface area contributed by atoms with Crippen LogP contribution < -0.4 is 10.2 Å². The summed E-state index contributed by atoms with van der Waals surface area (Å²) in [7, 11) is 0. The molecule has 1 aliphatic heterocycles. The molecule has 1 unspecified atom stereocenters. The fraction of sp³-hybridized carbons (Fsp3) is 0.389. The summed E-state index contributed by atoms with van der Waals surface area (Å²) in [5, 5.41) is 3.00. The van der Waals surface area contributed by atoms with E-state index < -0.39 is 0 Å². The highest BCUT2D eigenvalue weighted by Gasteiger charge is 2.30. The van der Waals surface area contributed by atoms with Crippen molar-refractivity contribution in [2.75, 3.05) is 4.90 Å². The van der Waals surface area contributed by atoms with Gasteiger partial charge < -0.3 is 10.2 Å². The normalized spacial score (nSPS) is 19.6. The minimum atomic E-state index is -0.0978. The molecule has 1 aromatic carbocycles. The number of carbonyl (C=O) groups is 1. The van der Waals surface area contributed by atoms with Crippen LogP contribution in [0.3, 0.4) is 0 Å². The molecule has 1 fully saturated rings. The van der Waals surface area contributed by atoms with Crippen molar-refractivity contribution < 1.29 is 4.79 Å². The summed E-state index contributed by atoms with van der Waals surface area (Å²) >= 11 is 0. The molecular weight excluding hydrogens is 288 g/mol. The lowest BCUT2D eigenvalue weighted by Crippen LogP contribution is -2.29. The molecule has 5 heteroatoms. The molecule has 4 rings (SSSR count). The van der Waals surface area contributed by atoms with Crippen LogP contribution in [0.25, 0.3) is 0 Å². The highest BCUT2D eigenvalue weighted by molar-refractivity contribution is 5.93. The van der Waals surface area contributed by atoms with Crippen molar-refractivity contribution in [1.82, 2.24) is 15.3 Å². The van der Waals surface area contributed by atoms with Crippen molar-refractivity contribution >= 4 is 17.5 Å². The third kappa shape index (κ3) is 2.67. The van der Waals surface area contributed by atoms with Gasteiger partial charge in [0.2, 0.25) is 5.95 Å². The van der Waals surface area contributed by atoms with E-state index in [-0.39, 0.29) is 11.9 Å². The average Bonchev–Trinajstić information content (AvgIpc) is 3.26. The maximum Gasteiger partial charge on any atom is 0.270 e. The third-order valence-corrected chi connectivity index (χ3v) is 4.41. The van der Waals surface area contributed by atoms with Crippen LogP contribution in [0.5, 0.6) is 0 Å². The van der Waals surface area contributed by atoms with Crippen LogP contribution in [-0.2, 0) is 6.42 Å². The number of nitrogens with one attached hydrogen (secondary N) is 1. The Hall–Kier alpha value is -2.43. The second kappa shape index (κ2) is 5.33. The molecular formula is C18H20N4O. The Balaban J connectivity index is 1.71. The Morgan fingerprint density at radius 1 is 1.26 bits per heavy atom. The molecule has 0 radical (unpaired) electrons. The molecule has 0 spiro atoms. The third-order valence-electron chi connectivity index (χ3n) is 4.41. The quantitative estimate of drug-likeness (QED) is 0.947. The summed E-state index contributed by atoms with van der Waals surface area (Å²) in [6, 6.07) is 10.7. The Kier molecular flexibility index (Phi) is 3.29. The van der Waals surface area contributed by atoms with Crippen molar-refractivity contribution in [1.29, 1.82) is 0 Å². The molecule has 2 heterocycles. The molecule has 1 saturated carbocycles.